The van der Waals surface area contributed by atoms with Gasteiger partial charge in [0.05, 0.1) is 16.3 Å². The predicted molar refractivity (Wildman–Crippen MR) is 89.5 cm³/mol. The van der Waals surface area contributed by atoms with Gasteiger partial charge >= 0.3 is 6.18 Å². The van der Waals surface area contributed by atoms with Crippen molar-refractivity contribution in [2.75, 3.05) is 16.8 Å². The summed E-state index contributed by atoms with van der Waals surface area (Å²) in [5, 5.41) is 2.13. The summed E-state index contributed by atoms with van der Waals surface area (Å²) < 4.78 is 52.6. The Bertz CT molecular complexity index is 840. The van der Waals surface area contributed by atoms with Crippen LogP contribution in [0.15, 0.2) is 42.5 Å². The highest BCUT2D eigenvalue weighted by Crippen LogP contribution is 2.36. The van der Waals surface area contributed by atoms with Crippen molar-refractivity contribution >= 4 is 34.8 Å². The van der Waals surface area contributed by atoms with Crippen LogP contribution in [0.4, 0.5) is 28.9 Å². The summed E-state index contributed by atoms with van der Waals surface area (Å²) in [7, 11) is 0. The number of halogens is 5. The van der Waals surface area contributed by atoms with Crippen LogP contribution in [0.3, 0.4) is 0 Å². The first-order valence-corrected chi connectivity index (χ1v) is 7.66. The first-order chi connectivity index (χ1) is 12.1. The lowest BCUT2D eigenvalue weighted by Gasteiger charge is -2.24. The van der Waals surface area contributed by atoms with Crippen LogP contribution in [-0.2, 0) is 15.8 Å². The van der Waals surface area contributed by atoms with Gasteiger partial charge in [-0.3, -0.25) is 9.59 Å². The SMILES string of the molecule is CC(=O)N(CC(=O)Nc1ccc(F)c(Cl)c1)c1ccccc1C(F)(F)F. The number of hydrogen-bond donors (Lipinski definition) is 1. The summed E-state index contributed by atoms with van der Waals surface area (Å²) >= 11 is 5.60. The fourth-order valence-corrected chi connectivity index (χ4v) is 2.41. The molecule has 0 atom stereocenters. The molecule has 0 radical (unpaired) electrons. The van der Waals surface area contributed by atoms with Crippen LogP contribution >= 0.6 is 11.6 Å². The van der Waals surface area contributed by atoms with Crippen LogP contribution in [0.25, 0.3) is 0 Å². The van der Waals surface area contributed by atoms with Crippen molar-refractivity contribution in [2.24, 2.45) is 0 Å². The van der Waals surface area contributed by atoms with Crippen LogP contribution in [0, 0.1) is 5.82 Å². The molecule has 0 aliphatic rings. The second-order valence-corrected chi connectivity index (χ2v) is 5.70. The fourth-order valence-electron chi connectivity index (χ4n) is 2.23. The Labute approximate surface area is 151 Å². The van der Waals surface area contributed by atoms with Crippen LogP contribution in [0.2, 0.25) is 5.02 Å². The quantitative estimate of drug-likeness (QED) is 0.784. The zero-order valence-electron chi connectivity index (χ0n) is 13.4. The van der Waals surface area contributed by atoms with E-state index in [0.29, 0.717) is 4.90 Å². The van der Waals surface area contributed by atoms with Gasteiger partial charge in [0.1, 0.15) is 12.4 Å². The van der Waals surface area contributed by atoms with E-state index in [1.165, 1.54) is 18.2 Å². The molecule has 0 aromatic heterocycles. The number of carbonyl (C=O) groups is 2. The smallest absolute Gasteiger partial charge is 0.324 e. The Morgan fingerprint density at radius 2 is 1.81 bits per heavy atom. The molecule has 2 aromatic rings. The standard InChI is InChI=1S/C17H13ClF4N2O2/c1-10(25)24(15-5-3-2-4-12(15)17(20,21)22)9-16(26)23-11-6-7-14(19)13(18)8-11/h2-8H,9H2,1H3,(H,23,26). The van der Waals surface area contributed by atoms with E-state index in [4.69, 9.17) is 11.6 Å². The van der Waals surface area contributed by atoms with Crippen LogP contribution < -0.4 is 10.2 Å². The number of carbonyl (C=O) groups excluding carboxylic acids is 2. The second-order valence-electron chi connectivity index (χ2n) is 5.30. The van der Waals surface area contributed by atoms with Crippen molar-refractivity contribution in [1.82, 2.24) is 0 Å². The molecule has 9 heteroatoms. The second kappa shape index (κ2) is 7.74. The first-order valence-electron chi connectivity index (χ1n) is 7.29. The molecule has 2 aromatic carbocycles. The highest BCUT2D eigenvalue weighted by atomic mass is 35.5. The van der Waals surface area contributed by atoms with Crippen molar-refractivity contribution in [3.05, 3.63) is 58.9 Å². The number of nitrogens with one attached hydrogen (secondary N) is 1. The zero-order chi connectivity index (χ0) is 19.5. The first kappa shape index (κ1) is 19.7. The number of amides is 2. The van der Waals surface area contributed by atoms with E-state index in [1.807, 2.05) is 0 Å². The molecule has 0 bridgehead atoms. The van der Waals surface area contributed by atoms with Gasteiger partial charge in [-0.05, 0) is 30.3 Å². The van der Waals surface area contributed by atoms with Crippen molar-refractivity contribution < 1.29 is 27.2 Å². The van der Waals surface area contributed by atoms with E-state index in [1.54, 1.807) is 0 Å². The number of alkyl halides is 3. The molecule has 26 heavy (non-hydrogen) atoms. The summed E-state index contributed by atoms with van der Waals surface area (Å²) in [6.07, 6.45) is -4.69. The average molecular weight is 389 g/mol. The number of benzene rings is 2. The number of para-hydroxylation sites is 1. The van der Waals surface area contributed by atoms with Gasteiger partial charge in [0.15, 0.2) is 0 Å². The number of hydrogen-bond acceptors (Lipinski definition) is 2. The van der Waals surface area contributed by atoms with Gasteiger partial charge in [-0.1, -0.05) is 23.7 Å². The number of rotatable bonds is 4. The van der Waals surface area contributed by atoms with Crippen molar-refractivity contribution in [1.29, 1.82) is 0 Å². The maximum Gasteiger partial charge on any atom is 0.418 e. The third kappa shape index (κ3) is 4.72. The van der Waals surface area contributed by atoms with E-state index in [2.05, 4.69) is 5.32 Å². The maximum atomic E-state index is 13.1. The van der Waals surface area contributed by atoms with Crippen LogP contribution in [0.1, 0.15) is 12.5 Å². The van der Waals surface area contributed by atoms with E-state index >= 15 is 0 Å². The zero-order valence-corrected chi connectivity index (χ0v) is 14.2. The summed E-state index contributed by atoms with van der Waals surface area (Å²) in [4.78, 5) is 24.7. The Balaban J connectivity index is 2.25. The molecule has 0 unspecified atom stereocenters. The van der Waals surface area contributed by atoms with Gasteiger partial charge < -0.3 is 10.2 Å². The molecule has 4 nitrogen and oxygen atoms in total. The van der Waals surface area contributed by atoms with Gasteiger partial charge in [0, 0.05) is 12.6 Å². The molecular formula is C17H13ClF4N2O2. The highest BCUT2D eigenvalue weighted by molar-refractivity contribution is 6.31. The summed E-state index contributed by atoms with van der Waals surface area (Å²) in [5.74, 6) is -2.19. The third-order valence-electron chi connectivity index (χ3n) is 3.39. The average Bonchev–Trinajstić information content (AvgIpc) is 2.55. The van der Waals surface area contributed by atoms with Gasteiger partial charge in [-0.15, -0.1) is 0 Å². The Kier molecular flexibility index (Phi) is 5.86. The molecular weight excluding hydrogens is 376 g/mol. The highest BCUT2D eigenvalue weighted by Gasteiger charge is 2.35. The maximum absolute atomic E-state index is 13.1. The minimum atomic E-state index is -4.69. The largest absolute Gasteiger partial charge is 0.418 e. The molecule has 0 aliphatic heterocycles. The Morgan fingerprint density at radius 1 is 1.15 bits per heavy atom. The molecule has 0 fully saturated rings. The summed E-state index contributed by atoms with van der Waals surface area (Å²) in [6.45, 7) is 0.395. The molecule has 0 heterocycles. The molecule has 0 spiro atoms. The van der Waals surface area contributed by atoms with Crippen LogP contribution in [0.5, 0.6) is 0 Å². The van der Waals surface area contributed by atoms with Crippen LogP contribution in [-0.4, -0.2) is 18.4 Å². The van der Waals surface area contributed by atoms with E-state index in [-0.39, 0.29) is 10.7 Å². The minimum absolute atomic E-state index is 0.147. The van der Waals surface area contributed by atoms with E-state index in [9.17, 15) is 27.2 Å². The number of nitrogens with zero attached hydrogens (tertiary/aromatic N) is 1. The molecule has 0 saturated heterocycles. The van der Waals surface area contributed by atoms with Gasteiger partial charge in [-0.2, -0.15) is 13.2 Å². The van der Waals surface area contributed by atoms with Gasteiger partial charge in [0.25, 0.3) is 0 Å². The fraction of sp³-hybridized carbons (Fsp3) is 0.176. The monoisotopic (exact) mass is 388 g/mol. The minimum Gasteiger partial charge on any atom is -0.324 e. The molecule has 138 valence electrons. The lowest BCUT2D eigenvalue weighted by atomic mass is 10.1. The van der Waals surface area contributed by atoms with Gasteiger partial charge in [-0.25, -0.2) is 4.39 Å². The van der Waals surface area contributed by atoms with Crippen molar-refractivity contribution in [3.63, 3.8) is 0 Å². The van der Waals surface area contributed by atoms with Gasteiger partial charge in [0.2, 0.25) is 11.8 Å². The summed E-state index contributed by atoms with van der Waals surface area (Å²) in [5.41, 5.74) is -1.32. The Morgan fingerprint density at radius 3 is 2.38 bits per heavy atom. The topological polar surface area (TPSA) is 49.4 Å². The molecule has 1 N–H and O–H groups in total. The summed E-state index contributed by atoms with van der Waals surface area (Å²) in [6, 6.07) is 7.86. The normalized spacial score (nSPS) is 11.2. The van der Waals surface area contributed by atoms with Crippen molar-refractivity contribution in [3.8, 4) is 0 Å². The third-order valence-corrected chi connectivity index (χ3v) is 3.68. The molecule has 2 rings (SSSR count). The lowest BCUT2D eigenvalue weighted by molar-refractivity contribution is -0.137. The van der Waals surface area contributed by atoms with E-state index < -0.39 is 41.6 Å². The molecule has 0 saturated carbocycles. The Hall–Kier alpha value is -2.61. The molecule has 0 aliphatic carbocycles. The number of anilines is 2. The van der Waals surface area contributed by atoms with Crippen molar-refractivity contribution in [2.45, 2.75) is 13.1 Å². The lowest BCUT2D eigenvalue weighted by Crippen LogP contribution is -2.37. The van der Waals surface area contributed by atoms with E-state index in [0.717, 1.165) is 31.2 Å². The molecule has 2 amide bonds. The predicted octanol–water partition coefficient (Wildman–Crippen LogP) is 4.49.